The Bertz CT molecular complexity index is 507. The Hall–Kier alpha value is -1.04. The Labute approximate surface area is 102 Å². The molecule has 2 atom stereocenters. The Kier molecular flexibility index (Phi) is 3.16. The van der Waals surface area contributed by atoms with Crippen LogP contribution in [0.25, 0.3) is 0 Å². The van der Waals surface area contributed by atoms with Crippen molar-refractivity contribution in [3.8, 4) is 0 Å². The van der Waals surface area contributed by atoms with Gasteiger partial charge in [0, 0.05) is 18.0 Å². The lowest BCUT2D eigenvalue weighted by Crippen LogP contribution is -2.29. The van der Waals surface area contributed by atoms with E-state index in [2.05, 4.69) is 5.10 Å². The number of anilines is 1. The van der Waals surface area contributed by atoms with Crippen LogP contribution in [0.5, 0.6) is 0 Å². The predicted molar refractivity (Wildman–Crippen MR) is 67.5 cm³/mol. The monoisotopic (exact) mass is 257 g/mol. The third kappa shape index (κ3) is 2.62. The summed E-state index contributed by atoms with van der Waals surface area (Å²) < 4.78 is 25.1. The normalized spacial score (nSPS) is 26.0. The van der Waals surface area contributed by atoms with E-state index < -0.39 is 9.84 Å². The van der Waals surface area contributed by atoms with Gasteiger partial charge in [-0.3, -0.25) is 4.68 Å². The number of hydrogen-bond acceptors (Lipinski definition) is 4. The van der Waals surface area contributed by atoms with Crippen LogP contribution < -0.4 is 5.73 Å². The number of aromatic nitrogens is 2. The molecule has 6 heteroatoms. The van der Waals surface area contributed by atoms with Crippen LogP contribution in [-0.4, -0.2) is 29.7 Å². The van der Waals surface area contributed by atoms with Gasteiger partial charge >= 0.3 is 0 Å². The van der Waals surface area contributed by atoms with Crippen molar-refractivity contribution in [1.29, 1.82) is 0 Å². The van der Waals surface area contributed by atoms with E-state index in [9.17, 15) is 8.42 Å². The first-order chi connectivity index (χ1) is 7.88. The summed E-state index contributed by atoms with van der Waals surface area (Å²) in [5, 5.41) is 4.02. The van der Waals surface area contributed by atoms with E-state index in [-0.39, 0.29) is 11.3 Å². The number of aryl methyl sites for hydroxylation is 1. The number of nitrogens with two attached hydrogens (primary N) is 1. The van der Waals surface area contributed by atoms with Gasteiger partial charge in [-0.1, -0.05) is 6.42 Å². The average Bonchev–Trinajstić information content (AvgIpc) is 2.57. The van der Waals surface area contributed by atoms with E-state index in [0.717, 1.165) is 25.0 Å². The van der Waals surface area contributed by atoms with Gasteiger partial charge in [0.25, 0.3) is 0 Å². The molecular formula is C11H19N3O2S. The second kappa shape index (κ2) is 4.33. The highest BCUT2D eigenvalue weighted by Crippen LogP contribution is 2.32. The first-order valence-electron chi connectivity index (χ1n) is 5.88. The Morgan fingerprint density at radius 3 is 2.71 bits per heavy atom. The van der Waals surface area contributed by atoms with Gasteiger partial charge in [-0.05, 0) is 26.2 Å². The molecule has 1 heterocycles. The molecule has 0 spiro atoms. The van der Waals surface area contributed by atoms with Crippen LogP contribution >= 0.6 is 0 Å². The standard InChI is InChI=1S/C11H19N3O2S/c1-8-6-11(12)13-14(8)9-4-3-5-10(7-9)17(2,15)16/h6,9-10H,3-5,7H2,1-2H3,(H2,12,13). The highest BCUT2D eigenvalue weighted by molar-refractivity contribution is 7.91. The van der Waals surface area contributed by atoms with Crippen LogP contribution in [0.1, 0.15) is 37.4 Å². The fourth-order valence-electron chi connectivity index (χ4n) is 2.61. The van der Waals surface area contributed by atoms with Crippen LogP contribution in [0.3, 0.4) is 0 Å². The predicted octanol–water partition coefficient (Wildman–Crippen LogP) is 1.30. The molecule has 0 aliphatic heterocycles. The average molecular weight is 257 g/mol. The second-order valence-corrected chi connectivity index (χ2v) is 7.25. The van der Waals surface area contributed by atoms with Crippen molar-refractivity contribution >= 4 is 15.7 Å². The van der Waals surface area contributed by atoms with Crippen molar-refractivity contribution in [1.82, 2.24) is 9.78 Å². The molecule has 0 aromatic carbocycles. The second-order valence-electron chi connectivity index (χ2n) is 4.93. The maximum absolute atomic E-state index is 11.6. The van der Waals surface area contributed by atoms with Crippen molar-refractivity contribution in [2.45, 2.75) is 43.9 Å². The summed E-state index contributed by atoms with van der Waals surface area (Å²) in [4.78, 5) is 0. The molecular weight excluding hydrogens is 238 g/mol. The van der Waals surface area contributed by atoms with Gasteiger partial charge < -0.3 is 5.73 Å². The SMILES string of the molecule is Cc1cc(N)nn1C1CCCC(S(C)(=O)=O)C1. The van der Waals surface area contributed by atoms with Crippen molar-refractivity contribution in [3.63, 3.8) is 0 Å². The number of sulfone groups is 1. The lowest BCUT2D eigenvalue weighted by Gasteiger charge is -2.28. The largest absolute Gasteiger partial charge is 0.382 e. The molecule has 0 amide bonds. The third-order valence-electron chi connectivity index (χ3n) is 3.49. The van der Waals surface area contributed by atoms with Gasteiger partial charge in [-0.15, -0.1) is 0 Å². The van der Waals surface area contributed by atoms with Gasteiger partial charge in [-0.2, -0.15) is 5.10 Å². The number of nitrogen functional groups attached to an aromatic ring is 1. The van der Waals surface area contributed by atoms with Crippen molar-refractivity contribution in [3.05, 3.63) is 11.8 Å². The highest BCUT2D eigenvalue weighted by Gasteiger charge is 2.30. The minimum absolute atomic E-state index is 0.167. The Morgan fingerprint density at radius 1 is 1.47 bits per heavy atom. The first-order valence-corrected chi connectivity index (χ1v) is 7.84. The fourth-order valence-corrected chi connectivity index (χ4v) is 3.78. The van der Waals surface area contributed by atoms with E-state index in [4.69, 9.17) is 5.73 Å². The lowest BCUT2D eigenvalue weighted by molar-refractivity contribution is 0.325. The summed E-state index contributed by atoms with van der Waals surface area (Å²) in [5.41, 5.74) is 6.66. The summed E-state index contributed by atoms with van der Waals surface area (Å²) in [7, 11) is -2.95. The van der Waals surface area contributed by atoms with Crippen molar-refractivity contribution < 1.29 is 8.42 Å². The Morgan fingerprint density at radius 2 is 2.18 bits per heavy atom. The topological polar surface area (TPSA) is 78.0 Å². The minimum Gasteiger partial charge on any atom is -0.382 e. The van der Waals surface area contributed by atoms with E-state index in [1.165, 1.54) is 6.26 Å². The van der Waals surface area contributed by atoms with Gasteiger partial charge in [-0.25, -0.2) is 8.42 Å². The summed E-state index contributed by atoms with van der Waals surface area (Å²) in [5.74, 6) is 0.504. The van der Waals surface area contributed by atoms with Crippen LogP contribution in [-0.2, 0) is 9.84 Å². The maximum Gasteiger partial charge on any atom is 0.150 e. The minimum atomic E-state index is -2.95. The molecule has 2 N–H and O–H groups in total. The molecule has 17 heavy (non-hydrogen) atoms. The third-order valence-corrected chi connectivity index (χ3v) is 5.13. The molecule has 5 nitrogen and oxygen atoms in total. The van der Waals surface area contributed by atoms with Crippen molar-refractivity contribution in [2.24, 2.45) is 0 Å². The quantitative estimate of drug-likeness (QED) is 0.866. The molecule has 1 aliphatic carbocycles. The summed E-state index contributed by atoms with van der Waals surface area (Å²) in [6, 6.07) is 1.99. The molecule has 1 fully saturated rings. The molecule has 96 valence electrons. The molecule has 2 rings (SSSR count). The molecule has 0 bridgehead atoms. The molecule has 1 aromatic heterocycles. The van der Waals surface area contributed by atoms with Gasteiger partial charge in [0.2, 0.25) is 0 Å². The molecule has 1 saturated carbocycles. The van der Waals surface area contributed by atoms with Crippen LogP contribution in [0.2, 0.25) is 0 Å². The van der Waals surface area contributed by atoms with Crippen molar-refractivity contribution in [2.75, 3.05) is 12.0 Å². The maximum atomic E-state index is 11.6. The zero-order valence-corrected chi connectivity index (χ0v) is 11.1. The molecule has 1 aromatic rings. The molecule has 0 saturated heterocycles. The smallest absolute Gasteiger partial charge is 0.150 e. The number of nitrogens with zero attached hydrogens (tertiary/aromatic N) is 2. The van der Waals surface area contributed by atoms with Gasteiger partial charge in [0.15, 0.2) is 0 Å². The molecule has 1 aliphatic rings. The van der Waals surface area contributed by atoms with E-state index in [0.29, 0.717) is 12.2 Å². The van der Waals surface area contributed by atoms with E-state index in [1.807, 2.05) is 17.7 Å². The van der Waals surface area contributed by atoms with Gasteiger partial charge in [0.1, 0.15) is 15.7 Å². The Balaban J connectivity index is 2.21. The van der Waals surface area contributed by atoms with Gasteiger partial charge in [0.05, 0.1) is 11.3 Å². The zero-order chi connectivity index (χ0) is 12.6. The number of rotatable bonds is 2. The summed E-state index contributed by atoms with van der Waals surface area (Å²) >= 11 is 0. The fraction of sp³-hybridized carbons (Fsp3) is 0.727. The zero-order valence-electron chi connectivity index (χ0n) is 10.3. The van der Waals surface area contributed by atoms with E-state index in [1.54, 1.807) is 0 Å². The van der Waals surface area contributed by atoms with Crippen LogP contribution in [0.4, 0.5) is 5.82 Å². The summed E-state index contributed by atoms with van der Waals surface area (Å²) in [6.45, 7) is 1.95. The molecule has 2 unspecified atom stereocenters. The summed E-state index contributed by atoms with van der Waals surface area (Å²) in [6.07, 6.45) is 4.66. The van der Waals surface area contributed by atoms with Crippen LogP contribution in [0, 0.1) is 6.92 Å². The van der Waals surface area contributed by atoms with Crippen LogP contribution in [0.15, 0.2) is 6.07 Å². The number of hydrogen-bond donors (Lipinski definition) is 1. The van der Waals surface area contributed by atoms with E-state index >= 15 is 0 Å². The highest BCUT2D eigenvalue weighted by atomic mass is 32.2. The lowest BCUT2D eigenvalue weighted by atomic mass is 9.95. The molecule has 0 radical (unpaired) electrons. The first kappa shape index (κ1) is 12.4.